The summed E-state index contributed by atoms with van der Waals surface area (Å²) in [6.45, 7) is 3.02. The number of hydrogen-bond donors (Lipinski definition) is 4. The lowest BCUT2D eigenvalue weighted by Gasteiger charge is -2.37. The maximum absolute atomic E-state index is 12.9. The van der Waals surface area contributed by atoms with Gasteiger partial charge in [0.1, 0.15) is 18.4 Å². The highest BCUT2D eigenvalue weighted by molar-refractivity contribution is 14.1. The monoisotopic (exact) mass is 604 g/mol. The lowest BCUT2D eigenvalue weighted by Crippen LogP contribution is -2.55. The van der Waals surface area contributed by atoms with Crippen LogP contribution in [0.25, 0.3) is 10.8 Å². The number of Topliss-reactive ketones (excluding diaryl/α,β-unsaturated/α-hetero) is 1. The van der Waals surface area contributed by atoms with E-state index in [1.807, 2.05) is 59.3 Å². The van der Waals surface area contributed by atoms with Gasteiger partial charge in [-0.2, -0.15) is 0 Å². The fraction of sp³-hybridized carbons (Fsp3) is 0.320. The Bertz CT molecular complexity index is 1210. The maximum Gasteiger partial charge on any atom is 0.243 e. The van der Waals surface area contributed by atoms with Crippen LogP contribution in [0.3, 0.4) is 0 Å². The van der Waals surface area contributed by atoms with Gasteiger partial charge in [-0.15, -0.1) is 0 Å². The molecule has 1 heterocycles. The first-order valence-electron chi connectivity index (χ1n) is 11.4. The number of ketones is 1. The molecule has 36 heavy (non-hydrogen) atoms. The SMILES string of the molecule is CCC(C(=O)NCC(=O)COc1cccc2ccccc12)N1C=CN=C(N(I)CC(=N)C(C)=N)C1O. The van der Waals surface area contributed by atoms with E-state index in [1.54, 1.807) is 13.0 Å². The Balaban J connectivity index is 1.56. The molecular weight excluding hydrogens is 575 g/mol. The van der Waals surface area contributed by atoms with E-state index in [0.717, 1.165) is 10.8 Å². The average molecular weight is 604 g/mol. The van der Waals surface area contributed by atoms with Crippen molar-refractivity contribution in [3.63, 3.8) is 0 Å². The Labute approximate surface area is 223 Å². The number of amidine groups is 1. The average Bonchev–Trinajstić information content (AvgIpc) is 2.87. The molecule has 0 saturated carbocycles. The summed E-state index contributed by atoms with van der Waals surface area (Å²) in [6.07, 6.45) is 2.13. The van der Waals surface area contributed by atoms with E-state index in [9.17, 15) is 14.7 Å². The third-order valence-corrected chi connectivity index (χ3v) is 6.44. The van der Waals surface area contributed by atoms with E-state index < -0.39 is 18.2 Å². The number of benzene rings is 2. The molecule has 3 rings (SSSR count). The standard InChI is InChI=1S/C25H29IN6O4/c1-3-21(31-12-11-29-23(25(31)35)32(26)14-20(28)16(2)27)24(34)30-13-18(33)15-36-22-10-6-8-17-7-4-5-9-19(17)22/h4-12,21,25,27-28,35H,3,13-15H2,1-2H3,(H,30,34). The Hall–Kier alpha value is -3.32. The quantitative estimate of drug-likeness (QED) is 0.177. The third kappa shape index (κ3) is 6.66. The van der Waals surface area contributed by atoms with Crippen molar-refractivity contribution in [1.29, 1.82) is 10.8 Å². The van der Waals surface area contributed by atoms with Gasteiger partial charge >= 0.3 is 0 Å². The van der Waals surface area contributed by atoms with Crippen LogP contribution in [0.15, 0.2) is 59.9 Å². The van der Waals surface area contributed by atoms with Crippen LogP contribution in [-0.2, 0) is 9.59 Å². The Morgan fingerprint density at radius 3 is 2.69 bits per heavy atom. The molecule has 11 heteroatoms. The zero-order valence-corrected chi connectivity index (χ0v) is 22.2. The molecular formula is C25H29IN6O4. The molecule has 0 fully saturated rings. The van der Waals surface area contributed by atoms with E-state index >= 15 is 0 Å². The van der Waals surface area contributed by atoms with Crippen molar-refractivity contribution in [2.45, 2.75) is 32.5 Å². The van der Waals surface area contributed by atoms with Crippen molar-refractivity contribution in [3.8, 4) is 5.75 Å². The van der Waals surface area contributed by atoms with Crippen LogP contribution in [0.1, 0.15) is 20.3 Å². The van der Waals surface area contributed by atoms with Crippen LogP contribution in [0.5, 0.6) is 5.75 Å². The molecule has 1 aliphatic heterocycles. The number of amides is 1. The molecule has 2 aromatic rings. The van der Waals surface area contributed by atoms with E-state index in [1.165, 1.54) is 27.3 Å². The molecule has 1 aliphatic rings. The van der Waals surface area contributed by atoms with Gasteiger partial charge in [0.15, 0.2) is 17.8 Å². The summed E-state index contributed by atoms with van der Waals surface area (Å²) >= 11 is 1.92. The van der Waals surface area contributed by atoms with Crippen molar-refractivity contribution in [1.82, 2.24) is 13.3 Å². The molecule has 2 unspecified atom stereocenters. The lowest BCUT2D eigenvalue weighted by molar-refractivity contribution is -0.130. The topological polar surface area (TPSA) is 142 Å². The first-order chi connectivity index (χ1) is 17.2. The first kappa shape index (κ1) is 27.3. The van der Waals surface area contributed by atoms with Gasteiger partial charge in [0.05, 0.1) is 47.4 Å². The number of nitrogens with one attached hydrogen (secondary N) is 3. The van der Waals surface area contributed by atoms with Crippen molar-refractivity contribution in [2.24, 2.45) is 4.99 Å². The number of ether oxygens (including phenoxy) is 1. The highest BCUT2D eigenvalue weighted by atomic mass is 127. The number of fused-ring (bicyclic) bond motifs is 1. The molecule has 190 valence electrons. The Kier molecular flexibility index (Phi) is 9.53. The fourth-order valence-electron chi connectivity index (χ4n) is 3.63. The fourth-order valence-corrected chi connectivity index (χ4v) is 4.35. The van der Waals surface area contributed by atoms with E-state index in [2.05, 4.69) is 10.3 Å². The van der Waals surface area contributed by atoms with Crippen LogP contribution in [0, 0.1) is 10.8 Å². The molecule has 2 atom stereocenters. The number of aliphatic hydroxyl groups excluding tert-OH is 1. The van der Waals surface area contributed by atoms with Crippen molar-refractivity contribution in [2.75, 3.05) is 19.7 Å². The number of aliphatic imine (C=N–C) groups is 1. The van der Waals surface area contributed by atoms with Crippen LogP contribution in [-0.4, -0.2) is 74.0 Å². The summed E-state index contributed by atoms with van der Waals surface area (Å²) < 4.78 is 7.25. The molecule has 2 aromatic carbocycles. The summed E-state index contributed by atoms with van der Waals surface area (Å²) in [6, 6.07) is 12.6. The van der Waals surface area contributed by atoms with Crippen molar-refractivity contribution < 1.29 is 19.4 Å². The molecule has 10 nitrogen and oxygen atoms in total. The van der Waals surface area contributed by atoms with Crippen LogP contribution >= 0.6 is 22.9 Å². The van der Waals surface area contributed by atoms with Crippen LogP contribution in [0.4, 0.5) is 0 Å². The molecule has 1 amide bonds. The van der Waals surface area contributed by atoms with Crippen LogP contribution < -0.4 is 10.1 Å². The Morgan fingerprint density at radius 1 is 1.25 bits per heavy atom. The summed E-state index contributed by atoms with van der Waals surface area (Å²) in [5, 5.41) is 30.9. The second-order valence-corrected chi connectivity index (χ2v) is 9.34. The highest BCUT2D eigenvalue weighted by Crippen LogP contribution is 2.25. The highest BCUT2D eigenvalue weighted by Gasteiger charge is 2.33. The molecule has 4 N–H and O–H groups in total. The number of carbonyl (C=O) groups excluding carboxylic acids is 2. The molecule has 0 aliphatic carbocycles. The maximum atomic E-state index is 12.9. The van der Waals surface area contributed by atoms with E-state index in [4.69, 9.17) is 15.6 Å². The summed E-state index contributed by atoms with van der Waals surface area (Å²) in [4.78, 5) is 31.0. The molecule has 0 aromatic heterocycles. The number of hydrogen-bond acceptors (Lipinski definition) is 9. The minimum absolute atomic E-state index is 0.0850. The third-order valence-electron chi connectivity index (χ3n) is 5.60. The van der Waals surface area contributed by atoms with Gasteiger partial charge in [0, 0.05) is 17.8 Å². The number of halogens is 1. The van der Waals surface area contributed by atoms with Gasteiger partial charge in [-0.05, 0) is 24.8 Å². The lowest BCUT2D eigenvalue weighted by atomic mass is 10.1. The molecule has 0 spiro atoms. The van der Waals surface area contributed by atoms with Gasteiger partial charge < -0.3 is 30.9 Å². The smallest absolute Gasteiger partial charge is 0.243 e. The molecule has 0 saturated heterocycles. The minimum atomic E-state index is -1.23. The zero-order chi connectivity index (χ0) is 26.2. The second kappa shape index (κ2) is 12.6. The summed E-state index contributed by atoms with van der Waals surface area (Å²) in [7, 11) is 0. The van der Waals surface area contributed by atoms with Crippen molar-refractivity contribution in [3.05, 3.63) is 54.9 Å². The number of carbonyl (C=O) groups is 2. The molecule has 0 radical (unpaired) electrons. The number of rotatable bonds is 11. The summed E-state index contributed by atoms with van der Waals surface area (Å²) in [5.74, 6) is 0.142. The largest absolute Gasteiger partial charge is 0.485 e. The summed E-state index contributed by atoms with van der Waals surface area (Å²) in [5.41, 5.74) is 0.212. The van der Waals surface area contributed by atoms with Crippen LogP contribution in [0.2, 0.25) is 0 Å². The van der Waals surface area contributed by atoms with E-state index in [-0.39, 0.29) is 42.7 Å². The van der Waals surface area contributed by atoms with E-state index in [0.29, 0.717) is 12.2 Å². The van der Waals surface area contributed by atoms with Gasteiger partial charge in [0.2, 0.25) is 5.91 Å². The van der Waals surface area contributed by atoms with Crippen molar-refractivity contribution >= 4 is 62.6 Å². The molecule has 0 bridgehead atoms. The normalized spacial score (nSPS) is 15.7. The minimum Gasteiger partial charge on any atom is -0.485 e. The number of aliphatic hydroxyl groups is 1. The van der Waals surface area contributed by atoms with Gasteiger partial charge in [-0.1, -0.05) is 43.3 Å². The van der Waals surface area contributed by atoms with Gasteiger partial charge in [0.25, 0.3) is 0 Å². The second-order valence-electron chi connectivity index (χ2n) is 8.18. The Morgan fingerprint density at radius 2 is 1.97 bits per heavy atom. The number of nitrogens with zero attached hydrogens (tertiary/aromatic N) is 3. The predicted octanol–water partition coefficient (Wildman–Crippen LogP) is 2.90. The van der Waals surface area contributed by atoms with Gasteiger partial charge in [-0.25, -0.2) is 4.99 Å². The predicted molar refractivity (Wildman–Crippen MR) is 148 cm³/mol. The zero-order valence-electron chi connectivity index (χ0n) is 20.1. The first-order valence-corrected chi connectivity index (χ1v) is 12.4. The van der Waals surface area contributed by atoms with Gasteiger partial charge in [-0.3, -0.25) is 12.7 Å².